The van der Waals surface area contributed by atoms with Crippen molar-refractivity contribution in [2.24, 2.45) is 0 Å². The van der Waals surface area contributed by atoms with E-state index in [1.165, 1.54) is 0 Å². The number of anilines is 1. The van der Waals surface area contributed by atoms with Gasteiger partial charge in [0.05, 0.1) is 22.7 Å². The second kappa shape index (κ2) is 9.33. The molecule has 3 aromatic carbocycles. The van der Waals surface area contributed by atoms with Crippen LogP contribution in [0, 0.1) is 6.92 Å². The topological polar surface area (TPSA) is 23.6 Å². The summed E-state index contributed by atoms with van der Waals surface area (Å²) in [5.74, 6) is -0.0265. The van der Waals surface area contributed by atoms with E-state index in [4.69, 9.17) is 23.2 Å². The largest absolute Gasteiger partial charge is 0.360 e. The van der Waals surface area contributed by atoms with Crippen molar-refractivity contribution in [1.29, 1.82) is 0 Å². The zero-order chi connectivity index (χ0) is 22.0. The Morgan fingerprint density at radius 2 is 1.68 bits per heavy atom. The summed E-state index contributed by atoms with van der Waals surface area (Å²) in [7, 11) is 0. The summed E-state index contributed by atoms with van der Waals surface area (Å²) in [5.41, 5.74) is 4.28. The molecule has 0 unspecified atom stereocenters. The van der Waals surface area contributed by atoms with Crippen LogP contribution in [0.5, 0.6) is 0 Å². The lowest BCUT2D eigenvalue weighted by molar-refractivity contribution is -0.133. The molecule has 4 rings (SSSR count). The zero-order valence-corrected chi connectivity index (χ0v) is 19.3. The van der Waals surface area contributed by atoms with Crippen molar-refractivity contribution < 1.29 is 4.79 Å². The summed E-state index contributed by atoms with van der Waals surface area (Å²) >= 11 is 12.8. The van der Waals surface area contributed by atoms with Crippen molar-refractivity contribution in [2.45, 2.75) is 25.8 Å². The number of halogens is 2. The Bertz CT molecular complexity index is 1050. The molecule has 1 heterocycles. The van der Waals surface area contributed by atoms with Gasteiger partial charge in [-0.25, -0.2) is 0 Å². The van der Waals surface area contributed by atoms with E-state index in [9.17, 15) is 4.79 Å². The van der Waals surface area contributed by atoms with Gasteiger partial charge in [0.25, 0.3) is 0 Å². The Labute approximate surface area is 194 Å². The van der Waals surface area contributed by atoms with Crippen LogP contribution in [0.3, 0.4) is 0 Å². The molecule has 3 aromatic rings. The SMILES string of the molecule is Cc1ccc(N2CCN(C(=O)[C@@H](C)c3ccccc3)C[C@H]2c2ccc(Cl)cc2)c(Cl)c1. The number of hydrogen-bond acceptors (Lipinski definition) is 2. The first-order valence-electron chi connectivity index (χ1n) is 10.6. The molecule has 1 amide bonds. The zero-order valence-electron chi connectivity index (χ0n) is 17.8. The van der Waals surface area contributed by atoms with Crippen LogP contribution in [-0.4, -0.2) is 30.4 Å². The highest BCUT2D eigenvalue weighted by Crippen LogP contribution is 2.36. The van der Waals surface area contributed by atoms with Gasteiger partial charge < -0.3 is 9.80 Å². The molecule has 5 heteroatoms. The van der Waals surface area contributed by atoms with Gasteiger partial charge in [-0.1, -0.05) is 71.7 Å². The van der Waals surface area contributed by atoms with E-state index in [0.29, 0.717) is 24.7 Å². The van der Waals surface area contributed by atoms with Crippen LogP contribution >= 0.6 is 23.2 Å². The maximum Gasteiger partial charge on any atom is 0.229 e. The fourth-order valence-electron chi connectivity index (χ4n) is 4.24. The second-order valence-electron chi connectivity index (χ2n) is 8.13. The Morgan fingerprint density at radius 1 is 0.968 bits per heavy atom. The van der Waals surface area contributed by atoms with Crippen molar-refractivity contribution >= 4 is 34.8 Å². The first kappa shape index (κ1) is 21.7. The number of rotatable bonds is 4. The van der Waals surface area contributed by atoms with Crippen LogP contribution < -0.4 is 4.90 Å². The molecule has 3 nitrogen and oxygen atoms in total. The van der Waals surface area contributed by atoms with Gasteiger partial charge in [-0.2, -0.15) is 0 Å². The number of amides is 1. The number of carbonyl (C=O) groups is 1. The average Bonchev–Trinajstić information content (AvgIpc) is 2.79. The normalized spacial score (nSPS) is 17.5. The number of hydrogen-bond donors (Lipinski definition) is 0. The molecule has 0 N–H and O–H groups in total. The minimum atomic E-state index is -0.179. The molecule has 0 bridgehead atoms. The van der Waals surface area contributed by atoms with Crippen LogP contribution in [0.4, 0.5) is 5.69 Å². The minimum Gasteiger partial charge on any atom is -0.360 e. The number of piperazine rings is 1. The number of aryl methyl sites for hydroxylation is 1. The van der Waals surface area contributed by atoms with Gasteiger partial charge in [0.2, 0.25) is 5.91 Å². The standard InChI is InChI=1S/C26H26Cl2N2O/c1-18-8-13-24(23(28)16-18)30-15-14-29(17-25(30)21-9-11-22(27)12-10-21)26(31)19(2)20-6-4-3-5-7-20/h3-13,16,19,25H,14-15,17H2,1-2H3/t19-,25-/m0/s1. The van der Waals surface area contributed by atoms with E-state index in [0.717, 1.165) is 27.4 Å². The van der Waals surface area contributed by atoms with Crippen molar-refractivity contribution in [3.05, 3.63) is 99.5 Å². The molecule has 31 heavy (non-hydrogen) atoms. The molecule has 0 radical (unpaired) electrons. The van der Waals surface area contributed by atoms with Crippen molar-refractivity contribution in [1.82, 2.24) is 4.90 Å². The summed E-state index contributed by atoms with van der Waals surface area (Å²) < 4.78 is 0. The first-order valence-corrected chi connectivity index (χ1v) is 11.3. The van der Waals surface area contributed by atoms with Crippen molar-refractivity contribution in [3.8, 4) is 0 Å². The lowest BCUT2D eigenvalue weighted by atomic mass is 9.97. The summed E-state index contributed by atoms with van der Waals surface area (Å²) in [4.78, 5) is 17.6. The van der Waals surface area contributed by atoms with Crippen LogP contribution in [0.1, 0.15) is 35.6 Å². The third-order valence-corrected chi connectivity index (χ3v) is 6.58. The van der Waals surface area contributed by atoms with Gasteiger partial charge >= 0.3 is 0 Å². The predicted molar refractivity (Wildman–Crippen MR) is 129 cm³/mol. The van der Waals surface area contributed by atoms with Gasteiger partial charge in [0, 0.05) is 24.7 Å². The maximum absolute atomic E-state index is 13.3. The average molecular weight is 453 g/mol. The number of benzene rings is 3. The van der Waals surface area contributed by atoms with Gasteiger partial charge in [0.1, 0.15) is 0 Å². The Morgan fingerprint density at radius 3 is 2.35 bits per heavy atom. The number of carbonyl (C=O) groups excluding carboxylic acids is 1. The monoisotopic (exact) mass is 452 g/mol. The fourth-order valence-corrected chi connectivity index (χ4v) is 4.71. The minimum absolute atomic E-state index is 0.00172. The van der Waals surface area contributed by atoms with Crippen LogP contribution in [0.25, 0.3) is 0 Å². The molecular weight excluding hydrogens is 427 g/mol. The van der Waals surface area contributed by atoms with Crippen LogP contribution in [-0.2, 0) is 4.79 Å². The highest BCUT2D eigenvalue weighted by atomic mass is 35.5. The molecule has 0 aliphatic carbocycles. The van der Waals surface area contributed by atoms with E-state index in [1.54, 1.807) is 0 Å². The summed E-state index contributed by atoms with van der Waals surface area (Å²) in [6, 6.07) is 24.0. The summed E-state index contributed by atoms with van der Waals surface area (Å²) in [5, 5.41) is 1.43. The van der Waals surface area contributed by atoms with Gasteiger partial charge in [-0.05, 0) is 54.8 Å². The molecule has 0 saturated carbocycles. The van der Waals surface area contributed by atoms with Crippen LogP contribution in [0.15, 0.2) is 72.8 Å². The number of nitrogens with zero attached hydrogens (tertiary/aromatic N) is 2. The van der Waals surface area contributed by atoms with E-state index in [1.807, 2.05) is 79.4 Å². The Balaban J connectivity index is 1.64. The maximum atomic E-state index is 13.3. The highest BCUT2D eigenvalue weighted by molar-refractivity contribution is 6.33. The fraction of sp³-hybridized carbons (Fsp3) is 0.269. The van der Waals surface area contributed by atoms with Gasteiger partial charge in [-0.3, -0.25) is 4.79 Å². The third-order valence-electron chi connectivity index (χ3n) is 6.03. The Kier molecular flexibility index (Phi) is 6.54. The molecule has 1 aliphatic heterocycles. The quantitative estimate of drug-likeness (QED) is 0.451. The highest BCUT2D eigenvalue weighted by Gasteiger charge is 2.33. The van der Waals surface area contributed by atoms with Crippen molar-refractivity contribution in [2.75, 3.05) is 24.5 Å². The van der Waals surface area contributed by atoms with Crippen molar-refractivity contribution in [3.63, 3.8) is 0 Å². The molecule has 1 fully saturated rings. The smallest absolute Gasteiger partial charge is 0.229 e. The third kappa shape index (κ3) is 4.73. The summed E-state index contributed by atoms with van der Waals surface area (Å²) in [6.45, 7) is 5.99. The molecular formula is C26H26Cl2N2O. The second-order valence-corrected chi connectivity index (χ2v) is 8.98. The van der Waals surface area contributed by atoms with E-state index in [-0.39, 0.29) is 17.9 Å². The molecule has 2 atom stereocenters. The van der Waals surface area contributed by atoms with Gasteiger partial charge in [-0.15, -0.1) is 0 Å². The first-order chi connectivity index (χ1) is 14.9. The van der Waals surface area contributed by atoms with E-state index >= 15 is 0 Å². The molecule has 1 aliphatic rings. The predicted octanol–water partition coefficient (Wildman–Crippen LogP) is 6.50. The Hall–Kier alpha value is -2.49. The van der Waals surface area contributed by atoms with E-state index < -0.39 is 0 Å². The molecule has 0 spiro atoms. The lowest BCUT2D eigenvalue weighted by Gasteiger charge is -2.44. The van der Waals surface area contributed by atoms with Crippen LogP contribution in [0.2, 0.25) is 10.0 Å². The molecule has 1 saturated heterocycles. The summed E-state index contributed by atoms with van der Waals surface area (Å²) in [6.07, 6.45) is 0. The molecule has 0 aromatic heterocycles. The van der Waals surface area contributed by atoms with Gasteiger partial charge in [0.15, 0.2) is 0 Å². The van der Waals surface area contributed by atoms with E-state index in [2.05, 4.69) is 17.0 Å². The lowest BCUT2D eigenvalue weighted by Crippen LogP contribution is -2.51. The molecule has 160 valence electrons.